The number of carbonyl (C=O) groups excluding carboxylic acids is 2. The Kier molecular flexibility index (Phi) is 6.98. The normalized spacial score (nSPS) is 14.1. The zero-order valence-corrected chi connectivity index (χ0v) is 16.5. The number of rotatable bonds is 5. The summed E-state index contributed by atoms with van der Waals surface area (Å²) >= 11 is 5.82. The third-order valence-corrected chi connectivity index (χ3v) is 5.07. The summed E-state index contributed by atoms with van der Waals surface area (Å²) in [7, 11) is 0. The van der Waals surface area contributed by atoms with Gasteiger partial charge in [0.2, 0.25) is 0 Å². The highest BCUT2D eigenvalue weighted by Crippen LogP contribution is 2.22. The molecule has 0 bridgehead atoms. The number of hydrogen-bond acceptors (Lipinski definition) is 6. The molecular weight excluding hydrogens is 392 g/mol. The molecule has 29 heavy (non-hydrogen) atoms. The summed E-state index contributed by atoms with van der Waals surface area (Å²) in [5, 5.41) is 15.1. The van der Waals surface area contributed by atoms with Gasteiger partial charge in [-0.3, -0.25) is 9.59 Å². The first-order chi connectivity index (χ1) is 14.1. The van der Waals surface area contributed by atoms with E-state index < -0.39 is 11.8 Å². The second-order valence-electron chi connectivity index (χ2n) is 6.79. The highest BCUT2D eigenvalue weighted by atomic mass is 35.5. The molecule has 150 valence electrons. The smallest absolute Gasteiger partial charge is 0.309 e. The zero-order valence-electron chi connectivity index (χ0n) is 15.8. The van der Waals surface area contributed by atoms with Gasteiger partial charge in [-0.05, 0) is 36.5 Å². The molecule has 2 amide bonds. The van der Waals surface area contributed by atoms with Crippen LogP contribution in [0.4, 0.5) is 5.82 Å². The van der Waals surface area contributed by atoms with Crippen molar-refractivity contribution in [1.82, 2.24) is 20.6 Å². The molecule has 1 saturated heterocycles. The van der Waals surface area contributed by atoms with E-state index in [0.717, 1.165) is 31.5 Å². The number of hydrogen-bond donors (Lipinski definition) is 2. The molecule has 9 heteroatoms. The minimum absolute atomic E-state index is 0.265. The van der Waals surface area contributed by atoms with Gasteiger partial charge in [0.25, 0.3) is 0 Å². The number of nitrogens with zero attached hydrogens (tertiary/aromatic N) is 4. The fourth-order valence-corrected chi connectivity index (χ4v) is 3.30. The molecule has 2 N–H and O–H groups in total. The van der Waals surface area contributed by atoms with Crippen LogP contribution in [-0.2, 0) is 16.1 Å². The van der Waals surface area contributed by atoms with E-state index in [1.807, 2.05) is 4.90 Å². The van der Waals surface area contributed by atoms with E-state index in [1.54, 1.807) is 30.5 Å². The zero-order chi connectivity index (χ0) is 20.6. The summed E-state index contributed by atoms with van der Waals surface area (Å²) in [6.45, 7) is 2.14. The van der Waals surface area contributed by atoms with Crippen LogP contribution in [0.1, 0.15) is 24.1 Å². The fraction of sp³-hybridized carbons (Fsp3) is 0.350. The summed E-state index contributed by atoms with van der Waals surface area (Å²) in [5.41, 5.74) is 1.18. The van der Waals surface area contributed by atoms with Crippen molar-refractivity contribution in [2.75, 3.05) is 24.5 Å². The number of benzene rings is 1. The van der Waals surface area contributed by atoms with Gasteiger partial charge in [-0.25, -0.2) is 9.97 Å². The van der Waals surface area contributed by atoms with E-state index in [9.17, 15) is 9.59 Å². The van der Waals surface area contributed by atoms with Crippen LogP contribution >= 0.6 is 11.6 Å². The maximum absolute atomic E-state index is 12.0. The third-order valence-electron chi connectivity index (χ3n) is 4.82. The van der Waals surface area contributed by atoms with E-state index in [-0.39, 0.29) is 12.5 Å². The van der Waals surface area contributed by atoms with Crippen molar-refractivity contribution < 1.29 is 9.59 Å². The number of nitriles is 1. The Morgan fingerprint density at radius 2 is 1.76 bits per heavy atom. The average Bonchev–Trinajstić information content (AvgIpc) is 2.77. The Morgan fingerprint density at radius 3 is 2.45 bits per heavy atom. The lowest BCUT2D eigenvalue weighted by Gasteiger charge is -2.32. The van der Waals surface area contributed by atoms with E-state index in [4.69, 9.17) is 16.9 Å². The standard InChI is InChI=1S/C20H21ClN6O2/c21-16-3-1-14(2-4-16)12-25-19(28)20(29)26-13-15-5-9-27(10-6-15)18-17(11-22)23-7-8-24-18/h1-4,7-8,15H,5-6,9-10,12-13H2,(H,25,28)(H,26,29). The van der Waals surface area contributed by atoms with Gasteiger partial charge in [-0.15, -0.1) is 0 Å². The van der Waals surface area contributed by atoms with Crippen molar-refractivity contribution in [3.63, 3.8) is 0 Å². The molecule has 8 nitrogen and oxygen atoms in total. The molecule has 0 saturated carbocycles. The monoisotopic (exact) mass is 412 g/mol. The van der Waals surface area contributed by atoms with Crippen LogP contribution in [0.2, 0.25) is 5.02 Å². The van der Waals surface area contributed by atoms with Gasteiger partial charge in [0, 0.05) is 43.6 Å². The van der Waals surface area contributed by atoms with Crippen molar-refractivity contribution in [3.05, 3.63) is 52.9 Å². The highest BCUT2D eigenvalue weighted by Gasteiger charge is 2.23. The Balaban J connectivity index is 1.40. The van der Waals surface area contributed by atoms with Crippen molar-refractivity contribution >= 4 is 29.2 Å². The molecule has 1 fully saturated rings. The summed E-state index contributed by atoms with van der Waals surface area (Å²) in [4.78, 5) is 34.3. The van der Waals surface area contributed by atoms with Crippen LogP contribution in [0.5, 0.6) is 0 Å². The predicted octanol–water partition coefficient (Wildman–Crippen LogP) is 1.65. The molecule has 2 heterocycles. The van der Waals surface area contributed by atoms with Crippen LogP contribution in [0.3, 0.4) is 0 Å². The lowest BCUT2D eigenvalue weighted by atomic mass is 9.96. The summed E-state index contributed by atoms with van der Waals surface area (Å²) in [6, 6.07) is 9.11. The molecule has 0 spiro atoms. The minimum Gasteiger partial charge on any atom is -0.354 e. The number of anilines is 1. The Bertz CT molecular complexity index is 904. The predicted molar refractivity (Wildman–Crippen MR) is 108 cm³/mol. The Labute approximate surface area is 173 Å². The molecule has 0 aliphatic carbocycles. The molecule has 1 aromatic heterocycles. The SMILES string of the molecule is N#Cc1nccnc1N1CCC(CNC(=O)C(=O)NCc2ccc(Cl)cc2)CC1. The van der Waals surface area contributed by atoms with Gasteiger partial charge in [-0.2, -0.15) is 5.26 Å². The average molecular weight is 413 g/mol. The Morgan fingerprint density at radius 1 is 1.10 bits per heavy atom. The number of halogens is 1. The number of amides is 2. The van der Waals surface area contributed by atoms with E-state index in [2.05, 4.69) is 26.7 Å². The fourth-order valence-electron chi connectivity index (χ4n) is 3.17. The maximum Gasteiger partial charge on any atom is 0.309 e. The van der Waals surface area contributed by atoms with Crippen molar-refractivity contribution in [1.29, 1.82) is 5.26 Å². The summed E-state index contributed by atoms with van der Waals surface area (Å²) < 4.78 is 0. The topological polar surface area (TPSA) is 111 Å². The maximum atomic E-state index is 12.0. The number of piperidine rings is 1. The molecule has 1 aliphatic rings. The van der Waals surface area contributed by atoms with Crippen molar-refractivity contribution in [2.45, 2.75) is 19.4 Å². The van der Waals surface area contributed by atoms with E-state index in [0.29, 0.717) is 23.1 Å². The van der Waals surface area contributed by atoms with Gasteiger partial charge in [-0.1, -0.05) is 23.7 Å². The molecule has 2 aromatic rings. The number of aromatic nitrogens is 2. The van der Waals surface area contributed by atoms with Crippen molar-refractivity contribution in [3.8, 4) is 6.07 Å². The van der Waals surface area contributed by atoms with E-state index in [1.165, 1.54) is 6.20 Å². The van der Waals surface area contributed by atoms with Crippen LogP contribution in [0, 0.1) is 17.2 Å². The van der Waals surface area contributed by atoms with E-state index >= 15 is 0 Å². The van der Waals surface area contributed by atoms with Crippen LogP contribution in [0.25, 0.3) is 0 Å². The lowest BCUT2D eigenvalue weighted by molar-refractivity contribution is -0.139. The molecule has 0 atom stereocenters. The van der Waals surface area contributed by atoms with Gasteiger partial charge in [0.15, 0.2) is 11.5 Å². The second-order valence-corrected chi connectivity index (χ2v) is 7.23. The molecular formula is C20H21ClN6O2. The molecule has 0 unspecified atom stereocenters. The first kappa shape index (κ1) is 20.6. The minimum atomic E-state index is -0.657. The largest absolute Gasteiger partial charge is 0.354 e. The van der Waals surface area contributed by atoms with Crippen LogP contribution < -0.4 is 15.5 Å². The molecule has 1 aliphatic heterocycles. The van der Waals surface area contributed by atoms with Crippen molar-refractivity contribution in [2.24, 2.45) is 5.92 Å². The van der Waals surface area contributed by atoms with Crippen LogP contribution in [-0.4, -0.2) is 41.4 Å². The third kappa shape index (κ3) is 5.65. The molecule has 3 rings (SSSR count). The highest BCUT2D eigenvalue weighted by molar-refractivity contribution is 6.35. The first-order valence-corrected chi connectivity index (χ1v) is 9.71. The number of carbonyl (C=O) groups is 2. The Hall–Kier alpha value is -3.18. The van der Waals surface area contributed by atoms with Gasteiger partial charge >= 0.3 is 11.8 Å². The van der Waals surface area contributed by atoms with Gasteiger partial charge < -0.3 is 15.5 Å². The molecule has 0 radical (unpaired) electrons. The quantitative estimate of drug-likeness (QED) is 0.722. The summed E-state index contributed by atoms with van der Waals surface area (Å²) in [5.74, 6) is -0.432. The summed E-state index contributed by atoms with van der Waals surface area (Å²) in [6.07, 6.45) is 4.73. The molecule has 1 aromatic carbocycles. The first-order valence-electron chi connectivity index (χ1n) is 9.33. The number of nitrogens with one attached hydrogen (secondary N) is 2. The second kappa shape index (κ2) is 9.85. The van der Waals surface area contributed by atoms with Gasteiger partial charge in [0.1, 0.15) is 6.07 Å². The lowest BCUT2D eigenvalue weighted by Crippen LogP contribution is -2.44. The van der Waals surface area contributed by atoms with Crippen LogP contribution in [0.15, 0.2) is 36.7 Å². The van der Waals surface area contributed by atoms with Gasteiger partial charge in [0.05, 0.1) is 0 Å².